The molecule has 2 heterocycles. The van der Waals surface area contributed by atoms with Crippen LogP contribution in [0.25, 0.3) is 0 Å². The van der Waals surface area contributed by atoms with Gasteiger partial charge in [0.15, 0.2) is 5.79 Å². The number of hydrogen-bond donors (Lipinski definition) is 0. The Kier molecular flexibility index (Phi) is 4.89. The molecule has 2 aliphatic rings. The Morgan fingerprint density at radius 3 is 2.38 bits per heavy atom. The minimum absolute atomic E-state index is 0.119. The predicted octanol–water partition coefficient (Wildman–Crippen LogP) is 4.71. The summed E-state index contributed by atoms with van der Waals surface area (Å²) in [5.74, 6) is 2.40. The summed E-state index contributed by atoms with van der Waals surface area (Å²) in [7, 11) is 0. The third-order valence-corrected chi connectivity index (χ3v) is 7.22. The van der Waals surface area contributed by atoms with Gasteiger partial charge < -0.3 is 9.47 Å². The molecular weight excluding hydrogens is 300 g/mol. The fraction of sp³-hybridized carbons (Fsp3) is 0.647. The summed E-state index contributed by atoms with van der Waals surface area (Å²) in [6, 6.07) is 10.6. The molecule has 0 radical (unpaired) electrons. The number of thioether (sulfide) groups is 2. The molecule has 0 saturated carbocycles. The van der Waals surface area contributed by atoms with Gasteiger partial charge in [-0.2, -0.15) is 0 Å². The smallest absolute Gasteiger partial charge is 0.163 e. The van der Waals surface area contributed by atoms with E-state index in [9.17, 15) is 0 Å². The normalized spacial score (nSPS) is 33.8. The van der Waals surface area contributed by atoms with E-state index in [2.05, 4.69) is 60.8 Å². The lowest BCUT2D eigenvalue weighted by Crippen LogP contribution is -2.49. The first-order valence-electron chi connectivity index (χ1n) is 7.71. The Bertz CT molecular complexity index is 457. The summed E-state index contributed by atoms with van der Waals surface area (Å²) in [5.41, 5.74) is 1.28. The third kappa shape index (κ3) is 3.61. The Hall–Kier alpha value is -0.160. The standard InChI is InChI=1S/C17H24O2S2/c1-12-14(16-20-10-7-11-21-16)15(19-17(2,3)18-12)13-8-5-4-6-9-13/h4-6,8-9,12,14-16H,7,10-11H2,1-3H3/t12-,14-,15-/m0/s1. The van der Waals surface area contributed by atoms with Crippen LogP contribution in [0.1, 0.15) is 38.9 Å². The molecule has 2 saturated heterocycles. The van der Waals surface area contributed by atoms with Crippen molar-refractivity contribution in [2.24, 2.45) is 5.92 Å². The Balaban J connectivity index is 1.89. The molecule has 1 aromatic carbocycles. The molecule has 0 bridgehead atoms. The quantitative estimate of drug-likeness (QED) is 0.784. The maximum atomic E-state index is 6.35. The van der Waals surface area contributed by atoms with Gasteiger partial charge in [-0.1, -0.05) is 30.3 Å². The maximum Gasteiger partial charge on any atom is 0.163 e. The summed E-state index contributed by atoms with van der Waals surface area (Å²) < 4.78 is 13.1. The van der Waals surface area contributed by atoms with E-state index in [0.717, 1.165) is 0 Å². The van der Waals surface area contributed by atoms with Crippen molar-refractivity contribution in [2.75, 3.05) is 11.5 Å². The highest BCUT2D eigenvalue weighted by atomic mass is 32.2. The van der Waals surface area contributed by atoms with Crippen LogP contribution in [0.3, 0.4) is 0 Å². The van der Waals surface area contributed by atoms with Crippen molar-refractivity contribution in [3.8, 4) is 0 Å². The molecule has 3 atom stereocenters. The van der Waals surface area contributed by atoms with Gasteiger partial charge in [-0.25, -0.2) is 0 Å². The van der Waals surface area contributed by atoms with E-state index >= 15 is 0 Å². The lowest BCUT2D eigenvalue weighted by Gasteiger charge is -2.48. The van der Waals surface area contributed by atoms with E-state index in [1.807, 2.05) is 13.8 Å². The second-order valence-corrected chi connectivity index (χ2v) is 9.01. The first-order chi connectivity index (χ1) is 10.1. The molecule has 0 N–H and O–H groups in total. The van der Waals surface area contributed by atoms with Crippen molar-refractivity contribution >= 4 is 23.5 Å². The molecule has 0 spiro atoms. The minimum Gasteiger partial charge on any atom is -0.347 e. The van der Waals surface area contributed by atoms with Crippen LogP contribution < -0.4 is 0 Å². The third-order valence-electron chi connectivity index (χ3n) is 4.07. The van der Waals surface area contributed by atoms with E-state index in [1.54, 1.807) is 0 Å². The molecule has 0 unspecified atom stereocenters. The highest BCUT2D eigenvalue weighted by Gasteiger charge is 2.46. The minimum atomic E-state index is -0.513. The number of hydrogen-bond acceptors (Lipinski definition) is 4. The highest BCUT2D eigenvalue weighted by molar-refractivity contribution is 8.17. The molecule has 3 rings (SSSR count). The van der Waals surface area contributed by atoms with E-state index in [0.29, 0.717) is 10.5 Å². The van der Waals surface area contributed by atoms with Crippen molar-refractivity contribution in [3.63, 3.8) is 0 Å². The van der Waals surface area contributed by atoms with Gasteiger partial charge in [0.2, 0.25) is 0 Å². The predicted molar refractivity (Wildman–Crippen MR) is 91.7 cm³/mol. The Morgan fingerprint density at radius 1 is 1.05 bits per heavy atom. The van der Waals surface area contributed by atoms with Gasteiger partial charge in [0.25, 0.3) is 0 Å². The molecule has 21 heavy (non-hydrogen) atoms. The van der Waals surface area contributed by atoms with E-state index in [4.69, 9.17) is 9.47 Å². The Morgan fingerprint density at radius 2 is 1.71 bits per heavy atom. The zero-order valence-electron chi connectivity index (χ0n) is 13.0. The summed E-state index contributed by atoms with van der Waals surface area (Å²) in [6.45, 7) is 6.26. The van der Waals surface area contributed by atoms with Crippen molar-refractivity contribution in [1.29, 1.82) is 0 Å². The van der Waals surface area contributed by atoms with Crippen molar-refractivity contribution in [1.82, 2.24) is 0 Å². The molecule has 1 aromatic rings. The summed E-state index contributed by atoms with van der Waals surface area (Å²) in [5, 5.41) is 0. The summed E-state index contributed by atoms with van der Waals surface area (Å²) in [4.78, 5) is 0. The van der Waals surface area contributed by atoms with Gasteiger partial charge in [0, 0.05) is 5.92 Å². The van der Waals surface area contributed by atoms with Crippen LogP contribution in [0.4, 0.5) is 0 Å². The van der Waals surface area contributed by atoms with E-state index in [-0.39, 0.29) is 12.2 Å². The average molecular weight is 325 g/mol. The number of rotatable bonds is 2. The largest absolute Gasteiger partial charge is 0.347 e. The van der Waals surface area contributed by atoms with Crippen molar-refractivity contribution in [2.45, 2.75) is 49.8 Å². The fourth-order valence-corrected chi connectivity index (χ4v) is 6.61. The zero-order chi connectivity index (χ0) is 14.9. The fourth-order valence-electron chi connectivity index (χ4n) is 3.21. The highest BCUT2D eigenvalue weighted by Crippen LogP contribution is 2.49. The molecule has 116 valence electrons. The summed E-state index contributed by atoms with van der Waals surface area (Å²) in [6.07, 6.45) is 1.64. The van der Waals surface area contributed by atoms with E-state index < -0.39 is 5.79 Å². The monoisotopic (exact) mass is 324 g/mol. The molecule has 2 fully saturated rings. The van der Waals surface area contributed by atoms with E-state index in [1.165, 1.54) is 23.5 Å². The van der Waals surface area contributed by atoms with Crippen LogP contribution in [0.15, 0.2) is 30.3 Å². The van der Waals surface area contributed by atoms with Crippen LogP contribution in [0, 0.1) is 5.92 Å². The zero-order valence-corrected chi connectivity index (χ0v) is 14.6. The first-order valence-corrected chi connectivity index (χ1v) is 9.80. The molecule has 2 aliphatic heterocycles. The van der Waals surface area contributed by atoms with Gasteiger partial charge in [0.1, 0.15) is 0 Å². The van der Waals surface area contributed by atoms with Crippen LogP contribution in [-0.4, -0.2) is 28.0 Å². The van der Waals surface area contributed by atoms with Gasteiger partial charge in [-0.15, -0.1) is 23.5 Å². The first kappa shape index (κ1) is 15.7. The van der Waals surface area contributed by atoms with Crippen molar-refractivity contribution in [3.05, 3.63) is 35.9 Å². The van der Waals surface area contributed by atoms with Gasteiger partial charge in [0.05, 0.1) is 16.8 Å². The molecular formula is C17H24O2S2. The van der Waals surface area contributed by atoms with Gasteiger partial charge >= 0.3 is 0 Å². The lowest BCUT2D eigenvalue weighted by molar-refractivity contribution is -0.318. The number of ether oxygens (including phenoxy) is 2. The molecule has 2 nitrogen and oxygen atoms in total. The van der Waals surface area contributed by atoms with Crippen LogP contribution in [-0.2, 0) is 9.47 Å². The molecule has 0 amide bonds. The topological polar surface area (TPSA) is 18.5 Å². The maximum absolute atomic E-state index is 6.35. The van der Waals surface area contributed by atoms with Crippen LogP contribution in [0.2, 0.25) is 0 Å². The Labute approximate surface area is 136 Å². The molecule has 0 aliphatic carbocycles. The number of benzene rings is 1. The van der Waals surface area contributed by atoms with Gasteiger partial charge in [-0.05, 0) is 44.3 Å². The average Bonchev–Trinajstić information content (AvgIpc) is 2.47. The lowest BCUT2D eigenvalue weighted by atomic mass is 9.90. The molecule has 4 heteroatoms. The molecule has 0 aromatic heterocycles. The van der Waals surface area contributed by atoms with Crippen molar-refractivity contribution < 1.29 is 9.47 Å². The SMILES string of the molecule is C[C@@H]1OC(C)(C)O[C@@H](c2ccccc2)[C@H]1C1SCCCS1. The summed E-state index contributed by atoms with van der Waals surface area (Å²) >= 11 is 4.15. The second-order valence-electron chi connectivity index (χ2n) is 6.21. The van der Waals surface area contributed by atoms with Crippen LogP contribution in [0.5, 0.6) is 0 Å². The second kappa shape index (κ2) is 6.53. The van der Waals surface area contributed by atoms with Crippen LogP contribution >= 0.6 is 23.5 Å². The van der Waals surface area contributed by atoms with Gasteiger partial charge in [-0.3, -0.25) is 0 Å².